The van der Waals surface area contributed by atoms with Crippen LogP contribution in [-0.2, 0) is 17.8 Å². The van der Waals surface area contributed by atoms with Gasteiger partial charge >= 0.3 is 0 Å². The van der Waals surface area contributed by atoms with E-state index in [1.54, 1.807) is 0 Å². The van der Waals surface area contributed by atoms with Crippen LogP contribution < -0.4 is 11.1 Å². The second-order valence-electron chi connectivity index (χ2n) is 5.68. The summed E-state index contributed by atoms with van der Waals surface area (Å²) < 4.78 is 0. The molecule has 0 aliphatic heterocycles. The molecule has 0 atom stereocenters. The topological polar surface area (TPSA) is 58.4 Å². The smallest absolute Gasteiger partial charge is 0.221 e. The Balaban J connectivity index is 1.91. The third kappa shape index (κ3) is 6.22. The first-order chi connectivity index (χ1) is 11.2. The maximum atomic E-state index is 11.0. The molecule has 0 bridgehead atoms. The lowest BCUT2D eigenvalue weighted by Gasteiger charge is -2.22. The fraction of sp³-hybridized carbons (Fsp3) is 0.316. The summed E-state index contributed by atoms with van der Waals surface area (Å²) in [7, 11) is 0. The standard InChI is InChI=1S/C19H25N3O/c1-16(23)21-19-9-7-18(8-10-19)15-22(14-12-20)13-11-17-5-3-2-4-6-17/h2-10H,11-15,20H2,1H3,(H,21,23). The molecule has 1 amide bonds. The van der Waals surface area contributed by atoms with Crippen LogP contribution in [0.5, 0.6) is 0 Å². The van der Waals surface area contributed by atoms with E-state index in [9.17, 15) is 4.79 Å². The van der Waals surface area contributed by atoms with Gasteiger partial charge in [0.05, 0.1) is 0 Å². The average Bonchev–Trinajstić information content (AvgIpc) is 2.55. The third-order valence-electron chi connectivity index (χ3n) is 3.69. The number of amides is 1. The first kappa shape index (κ1) is 17.2. The molecule has 4 heteroatoms. The number of benzene rings is 2. The Hall–Kier alpha value is -2.17. The van der Waals surface area contributed by atoms with Crippen molar-refractivity contribution in [1.82, 2.24) is 4.90 Å². The second kappa shape index (κ2) is 9.08. The van der Waals surface area contributed by atoms with Gasteiger partial charge in [0.15, 0.2) is 0 Å². The molecule has 0 aromatic heterocycles. The molecule has 0 heterocycles. The van der Waals surface area contributed by atoms with Crippen molar-refractivity contribution in [3.63, 3.8) is 0 Å². The molecule has 0 radical (unpaired) electrons. The van der Waals surface area contributed by atoms with Gasteiger partial charge in [-0.15, -0.1) is 0 Å². The predicted molar refractivity (Wildman–Crippen MR) is 95.2 cm³/mol. The van der Waals surface area contributed by atoms with Gasteiger partial charge in [0.2, 0.25) is 5.91 Å². The molecule has 0 saturated heterocycles. The Bertz CT molecular complexity index is 596. The van der Waals surface area contributed by atoms with E-state index in [-0.39, 0.29) is 5.91 Å². The molecule has 2 aromatic carbocycles. The SMILES string of the molecule is CC(=O)Nc1ccc(CN(CCN)CCc2ccccc2)cc1. The van der Waals surface area contributed by atoms with Crippen molar-refractivity contribution in [3.05, 3.63) is 65.7 Å². The number of hydrogen-bond acceptors (Lipinski definition) is 3. The van der Waals surface area contributed by atoms with Crippen molar-refractivity contribution in [1.29, 1.82) is 0 Å². The van der Waals surface area contributed by atoms with Crippen LogP contribution >= 0.6 is 0 Å². The molecule has 0 saturated carbocycles. The largest absolute Gasteiger partial charge is 0.329 e. The number of hydrogen-bond donors (Lipinski definition) is 2. The Morgan fingerprint density at radius 1 is 1.00 bits per heavy atom. The molecular formula is C19H25N3O. The van der Waals surface area contributed by atoms with Crippen LogP contribution in [0, 0.1) is 0 Å². The fourth-order valence-electron chi connectivity index (χ4n) is 2.54. The Morgan fingerprint density at radius 3 is 2.30 bits per heavy atom. The van der Waals surface area contributed by atoms with Gasteiger partial charge in [-0.2, -0.15) is 0 Å². The molecule has 3 N–H and O–H groups in total. The lowest BCUT2D eigenvalue weighted by atomic mass is 10.1. The summed E-state index contributed by atoms with van der Waals surface area (Å²) in [6, 6.07) is 18.5. The summed E-state index contributed by atoms with van der Waals surface area (Å²) in [6.07, 6.45) is 1.02. The van der Waals surface area contributed by atoms with E-state index in [1.165, 1.54) is 18.1 Å². The summed E-state index contributed by atoms with van der Waals surface area (Å²) in [4.78, 5) is 13.4. The highest BCUT2D eigenvalue weighted by molar-refractivity contribution is 5.88. The third-order valence-corrected chi connectivity index (χ3v) is 3.69. The molecule has 0 fully saturated rings. The summed E-state index contributed by atoms with van der Waals surface area (Å²) in [5.41, 5.74) is 9.14. The fourth-order valence-corrected chi connectivity index (χ4v) is 2.54. The van der Waals surface area contributed by atoms with Crippen LogP contribution in [0.4, 0.5) is 5.69 Å². The number of nitrogens with two attached hydrogens (primary N) is 1. The van der Waals surface area contributed by atoms with Crippen LogP contribution in [0.1, 0.15) is 18.1 Å². The Labute approximate surface area is 138 Å². The van der Waals surface area contributed by atoms with Gasteiger partial charge in [0.25, 0.3) is 0 Å². The lowest BCUT2D eigenvalue weighted by molar-refractivity contribution is -0.114. The van der Waals surface area contributed by atoms with E-state index in [0.29, 0.717) is 6.54 Å². The van der Waals surface area contributed by atoms with Crippen molar-refractivity contribution in [3.8, 4) is 0 Å². The molecule has 0 aliphatic rings. The van der Waals surface area contributed by atoms with E-state index in [1.807, 2.05) is 18.2 Å². The predicted octanol–water partition coefficient (Wildman–Crippen LogP) is 2.65. The number of rotatable bonds is 8. The van der Waals surface area contributed by atoms with E-state index >= 15 is 0 Å². The van der Waals surface area contributed by atoms with Gasteiger partial charge in [-0.25, -0.2) is 0 Å². The minimum absolute atomic E-state index is 0.0506. The summed E-state index contributed by atoms with van der Waals surface area (Å²) in [5, 5.41) is 2.78. The molecule has 0 unspecified atom stereocenters. The van der Waals surface area contributed by atoms with Gasteiger partial charge in [-0.3, -0.25) is 9.69 Å². The summed E-state index contributed by atoms with van der Waals surface area (Å²) in [5.74, 6) is -0.0506. The van der Waals surface area contributed by atoms with E-state index in [0.717, 1.165) is 31.7 Å². The first-order valence-corrected chi connectivity index (χ1v) is 8.00. The number of nitrogens with one attached hydrogen (secondary N) is 1. The van der Waals surface area contributed by atoms with Crippen LogP contribution in [0.3, 0.4) is 0 Å². The van der Waals surface area contributed by atoms with Gasteiger partial charge < -0.3 is 11.1 Å². The molecule has 2 rings (SSSR count). The van der Waals surface area contributed by atoms with E-state index in [2.05, 4.69) is 46.6 Å². The number of carbonyl (C=O) groups excluding carboxylic acids is 1. The number of nitrogens with zero attached hydrogens (tertiary/aromatic N) is 1. The summed E-state index contributed by atoms with van der Waals surface area (Å²) >= 11 is 0. The number of carbonyl (C=O) groups is 1. The van der Waals surface area contributed by atoms with Gasteiger partial charge in [0, 0.05) is 38.8 Å². The average molecular weight is 311 g/mol. The zero-order chi connectivity index (χ0) is 16.5. The molecule has 4 nitrogen and oxygen atoms in total. The lowest BCUT2D eigenvalue weighted by Crippen LogP contribution is -2.31. The highest BCUT2D eigenvalue weighted by atomic mass is 16.1. The maximum Gasteiger partial charge on any atom is 0.221 e. The zero-order valence-electron chi connectivity index (χ0n) is 13.7. The van der Waals surface area contributed by atoms with Gasteiger partial charge in [-0.05, 0) is 29.7 Å². The van der Waals surface area contributed by atoms with Crippen LogP contribution in [0.25, 0.3) is 0 Å². The molecule has 23 heavy (non-hydrogen) atoms. The minimum Gasteiger partial charge on any atom is -0.329 e. The Kier molecular flexibility index (Phi) is 6.78. The normalized spacial score (nSPS) is 10.7. The highest BCUT2D eigenvalue weighted by Gasteiger charge is 2.06. The summed E-state index contributed by atoms with van der Waals surface area (Å²) in [6.45, 7) is 4.89. The molecule has 122 valence electrons. The molecule has 2 aromatic rings. The van der Waals surface area contributed by atoms with Crippen molar-refractivity contribution >= 4 is 11.6 Å². The quantitative estimate of drug-likeness (QED) is 0.788. The monoisotopic (exact) mass is 311 g/mol. The van der Waals surface area contributed by atoms with Crippen molar-refractivity contribution in [2.75, 3.05) is 25.0 Å². The van der Waals surface area contributed by atoms with E-state index in [4.69, 9.17) is 5.73 Å². The Morgan fingerprint density at radius 2 is 1.70 bits per heavy atom. The second-order valence-corrected chi connectivity index (χ2v) is 5.68. The minimum atomic E-state index is -0.0506. The molecule has 0 spiro atoms. The van der Waals surface area contributed by atoms with Gasteiger partial charge in [-0.1, -0.05) is 42.5 Å². The van der Waals surface area contributed by atoms with Crippen molar-refractivity contribution in [2.45, 2.75) is 19.9 Å². The van der Waals surface area contributed by atoms with Crippen LogP contribution in [0.2, 0.25) is 0 Å². The highest BCUT2D eigenvalue weighted by Crippen LogP contribution is 2.12. The van der Waals surface area contributed by atoms with Crippen LogP contribution in [0.15, 0.2) is 54.6 Å². The number of anilines is 1. The van der Waals surface area contributed by atoms with Crippen molar-refractivity contribution < 1.29 is 4.79 Å². The van der Waals surface area contributed by atoms with Crippen molar-refractivity contribution in [2.24, 2.45) is 5.73 Å². The molecular weight excluding hydrogens is 286 g/mol. The van der Waals surface area contributed by atoms with Gasteiger partial charge in [0.1, 0.15) is 0 Å². The molecule has 0 aliphatic carbocycles. The maximum absolute atomic E-state index is 11.0. The van der Waals surface area contributed by atoms with Crippen LogP contribution in [-0.4, -0.2) is 30.4 Å². The zero-order valence-corrected chi connectivity index (χ0v) is 13.7. The van der Waals surface area contributed by atoms with E-state index < -0.39 is 0 Å². The first-order valence-electron chi connectivity index (χ1n) is 8.00.